The SMILES string of the molecule is CCC1(Nc2cc3c(cc2[N+](=O)[O-])OCC(=O)N3)CCC1. The molecule has 21 heavy (non-hydrogen) atoms. The van der Waals surface area contributed by atoms with Gasteiger partial charge in [-0.1, -0.05) is 6.92 Å². The second-order valence-electron chi connectivity index (χ2n) is 5.57. The maximum Gasteiger partial charge on any atom is 0.296 e. The van der Waals surface area contributed by atoms with Crippen LogP contribution in [0, 0.1) is 10.1 Å². The van der Waals surface area contributed by atoms with Gasteiger partial charge in [-0.2, -0.15) is 0 Å². The number of amides is 1. The average Bonchev–Trinajstić information content (AvgIpc) is 2.41. The van der Waals surface area contributed by atoms with Gasteiger partial charge in [0.2, 0.25) is 0 Å². The molecule has 2 aliphatic rings. The lowest BCUT2D eigenvalue weighted by Crippen LogP contribution is -2.44. The van der Waals surface area contributed by atoms with Gasteiger partial charge in [0.25, 0.3) is 11.6 Å². The molecule has 0 atom stereocenters. The van der Waals surface area contributed by atoms with E-state index in [-0.39, 0.29) is 23.7 Å². The lowest BCUT2D eigenvalue weighted by Gasteiger charge is -2.42. The van der Waals surface area contributed by atoms with Gasteiger partial charge in [0.05, 0.1) is 16.7 Å². The van der Waals surface area contributed by atoms with Crippen LogP contribution in [-0.4, -0.2) is 23.0 Å². The molecular formula is C14H17N3O4. The summed E-state index contributed by atoms with van der Waals surface area (Å²) < 4.78 is 5.23. The minimum absolute atomic E-state index is 0.0235. The Morgan fingerprint density at radius 1 is 1.48 bits per heavy atom. The summed E-state index contributed by atoms with van der Waals surface area (Å²) in [6.07, 6.45) is 4.03. The summed E-state index contributed by atoms with van der Waals surface area (Å²) in [6.45, 7) is 1.96. The molecule has 7 heteroatoms. The standard InChI is InChI=1S/C14H17N3O4/c1-2-14(4-3-5-14)16-9-6-10-12(7-11(9)17(19)20)21-8-13(18)15-10/h6-7,16H,2-5,8H2,1H3,(H,15,18). The number of nitro benzene ring substituents is 1. The molecule has 1 amide bonds. The number of fused-ring (bicyclic) bond motifs is 1. The van der Waals surface area contributed by atoms with E-state index < -0.39 is 4.92 Å². The molecule has 112 valence electrons. The van der Waals surface area contributed by atoms with Crippen molar-refractivity contribution in [3.8, 4) is 5.75 Å². The molecule has 1 aliphatic heterocycles. The Kier molecular flexibility index (Phi) is 3.19. The molecule has 1 aliphatic carbocycles. The molecule has 0 radical (unpaired) electrons. The molecule has 1 heterocycles. The summed E-state index contributed by atoms with van der Waals surface area (Å²) in [5, 5.41) is 17.3. The van der Waals surface area contributed by atoms with E-state index in [9.17, 15) is 14.9 Å². The Morgan fingerprint density at radius 2 is 2.24 bits per heavy atom. The Morgan fingerprint density at radius 3 is 2.81 bits per heavy atom. The van der Waals surface area contributed by atoms with Gasteiger partial charge >= 0.3 is 0 Å². The average molecular weight is 291 g/mol. The van der Waals surface area contributed by atoms with Crippen molar-refractivity contribution in [1.29, 1.82) is 0 Å². The highest BCUT2D eigenvalue weighted by atomic mass is 16.6. The molecule has 1 aromatic rings. The van der Waals surface area contributed by atoms with Gasteiger partial charge in [0, 0.05) is 5.54 Å². The van der Waals surface area contributed by atoms with Gasteiger partial charge < -0.3 is 15.4 Å². The van der Waals surface area contributed by atoms with Crippen molar-refractivity contribution in [2.24, 2.45) is 0 Å². The summed E-state index contributed by atoms with van der Waals surface area (Å²) in [4.78, 5) is 22.2. The van der Waals surface area contributed by atoms with Crippen molar-refractivity contribution >= 4 is 23.0 Å². The first-order valence-electron chi connectivity index (χ1n) is 7.06. The summed E-state index contributed by atoms with van der Waals surface area (Å²) in [5.74, 6) is 0.0853. The van der Waals surface area contributed by atoms with Crippen LogP contribution in [0.5, 0.6) is 5.75 Å². The molecule has 0 saturated heterocycles. The van der Waals surface area contributed by atoms with Gasteiger partial charge in [0.15, 0.2) is 12.4 Å². The minimum atomic E-state index is -0.426. The van der Waals surface area contributed by atoms with Crippen molar-refractivity contribution in [2.45, 2.75) is 38.1 Å². The fourth-order valence-electron chi connectivity index (χ4n) is 2.82. The predicted molar refractivity (Wildman–Crippen MR) is 77.7 cm³/mol. The Bertz CT molecular complexity index is 605. The second kappa shape index (κ2) is 4.91. The summed E-state index contributed by atoms with van der Waals surface area (Å²) in [7, 11) is 0. The zero-order chi connectivity index (χ0) is 15.0. The topological polar surface area (TPSA) is 93.5 Å². The van der Waals surface area contributed by atoms with E-state index in [0.717, 1.165) is 25.7 Å². The van der Waals surface area contributed by atoms with E-state index in [4.69, 9.17) is 4.74 Å². The van der Waals surface area contributed by atoms with Crippen LogP contribution in [0.15, 0.2) is 12.1 Å². The van der Waals surface area contributed by atoms with Crippen LogP contribution in [-0.2, 0) is 4.79 Å². The molecule has 0 aromatic heterocycles. The van der Waals surface area contributed by atoms with Crippen LogP contribution in [0.1, 0.15) is 32.6 Å². The fraction of sp³-hybridized carbons (Fsp3) is 0.500. The van der Waals surface area contributed by atoms with Gasteiger partial charge in [0.1, 0.15) is 5.69 Å². The van der Waals surface area contributed by atoms with E-state index in [2.05, 4.69) is 17.6 Å². The van der Waals surface area contributed by atoms with Crippen molar-refractivity contribution in [3.05, 3.63) is 22.2 Å². The first kappa shape index (κ1) is 13.7. The molecule has 7 nitrogen and oxygen atoms in total. The van der Waals surface area contributed by atoms with Crippen LogP contribution in [0.25, 0.3) is 0 Å². The van der Waals surface area contributed by atoms with Gasteiger partial charge in [-0.25, -0.2) is 0 Å². The van der Waals surface area contributed by atoms with Gasteiger partial charge in [-0.05, 0) is 31.7 Å². The number of carbonyl (C=O) groups is 1. The largest absolute Gasteiger partial charge is 0.481 e. The van der Waals surface area contributed by atoms with Crippen molar-refractivity contribution < 1.29 is 14.5 Å². The fourth-order valence-corrected chi connectivity index (χ4v) is 2.82. The van der Waals surface area contributed by atoms with Crippen LogP contribution in [0.4, 0.5) is 17.1 Å². The third-order valence-corrected chi connectivity index (χ3v) is 4.31. The van der Waals surface area contributed by atoms with Crippen LogP contribution >= 0.6 is 0 Å². The van der Waals surface area contributed by atoms with E-state index in [1.807, 2.05) is 0 Å². The molecular weight excluding hydrogens is 274 g/mol. The normalized spacial score (nSPS) is 18.8. The van der Waals surface area contributed by atoms with Crippen molar-refractivity contribution in [1.82, 2.24) is 0 Å². The Labute approximate surface area is 121 Å². The molecule has 2 N–H and O–H groups in total. The summed E-state index contributed by atoms with van der Waals surface area (Å²) in [6, 6.07) is 2.97. The number of rotatable bonds is 4. The number of nitrogens with one attached hydrogen (secondary N) is 2. The van der Waals surface area contributed by atoms with Crippen molar-refractivity contribution in [2.75, 3.05) is 17.2 Å². The zero-order valence-corrected chi connectivity index (χ0v) is 11.8. The van der Waals surface area contributed by atoms with E-state index in [1.54, 1.807) is 6.07 Å². The third-order valence-electron chi connectivity index (χ3n) is 4.31. The van der Waals surface area contributed by atoms with Crippen LogP contribution < -0.4 is 15.4 Å². The maximum absolute atomic E-state index is 11.4. The number of nitrogens with zero attached hydrogens (tertiary/aromatic N) is 1. The van der Waals surface area contributed by atoms with Crippen molar-refractivity contribution in [3.63, 3.8) is 0 Å². The van der Waals surface area contributed by atoms with E-state index in [1.165, 1.54) is 6.07 Å². The Hall–Kier alpha value is -2.31. The monoisotopic (exact) mass is 291 g/mol. The number of ether oxygens (including phenoxy) is 1. The number of anilines is 2. The smallest absolute Gasteiger partial charge is 0.296 e. The molecule has 0 unspecified atom stereocenters. The first-order chi connectivity index (χ1) is 10.0. The first-order valence-corrected chi connectivity index (χ1v) is 7.06. The minimum Gasteiger partial charge on any atom is -0.481 e. The number of nitro groups is 1. The number of benzene rings is 1. The quantitative estimate of drug-likeness (QED) is 0.657. The second-order valence-corrected chi connectivity index (χ2v) is 5.57. The van der Waals surface area contributed by atoms with Gasteiger partial charge in [-0.15, -0.1) is 0 Å². The van der Waals surface area contributed by atoms with Crippen LogP contribution in [0.2, 0.25) is 0 Å². The number of carbonyl (C=O) groups excluding carboxylic acids is 1. The lowest BCUT2D eigenvalue weighted by molar-refractivity contribution is -0.384. The molecule has 1 saturated carbocycles. The highest BCUT2D eigenvalue weighted by Crippen LogP contribution is 2.43. The Balaban J connectivity index is 1.99. The number of hydrogen-bond donors (Lipinski definition) is 2. The highest BCUT2D eigenvalue weighted by Gasteiger charge is 2.37. The van der Waals surface area contributed by atoms with E-state index in [0.29, 0.717) is 17.1 Å². The summed E-state index contributed by atoms with van der Waals surface area (Å²) >= 11 is 0. The molecule has 1 fully saturated rings. The zero-order valence-electron chi connectivity index (χ0n) is 11.8. The van der Waals surface area contributed by atoms with Crippen LogP contribution in [0.3, 0.4) is 0 Å². The highest BCUT2D eigenvalue weighted by molar-refractivity contribution is 5.96. The maximum atomic E-state index is 11.4. The molecule has 3 rings (SSSR count). The molecule has 1 aromatic carbocycles. The lowest BCUT2D eigenvalue weighted by atomic mass is 9.74. The van der Waals surface area contributed by atoms with E-state index >= 15 is 0 Å². The van der Waals surface area contributed by atoms with Gasteiger partial charge in [-0.3, -0.25) is 14.9 Å². The number of hydrogen-bond acceptors (Lipinski definition) is 5. The third kappa shape index (κ3) is 2.39. The molecule has 0 spiro atoms. The predicted octanol–water partition coefficient (Wildman–Crippen LogP) is 2.67. The summed E-state index contributed by atoms with van der Waals surface area (Å²) in [5.41, 5.74) is 0.819. The molecule has 0 bridgehead atoms.